The molecule has 0 bridgehead atoms. The Morgan fingerprint density at radius 1 is 1.32 bits per heavy atom. The lowest BCUT2D eigenvalue weighted by atomic mass is 9.95. The van der Waals surface area contributed by atoms with Gasteiger partial charge in [-0.25, -0.2) is 4.98 Å². The third-order valence-electron chi connectivity index (χ3n) is 4.83. The molecule has 1 saturated heterocycles. The second kappa shape index (κ2) is 6.29. The normalized spacial score (nSPS) is 20.2. The molecule has 6 nitrogen and oxygen atoms in total. The molecular weight excluding hydrogens is 318 g/mol. The van der Waals surface area contributed by atoms with Crippen LogP contribution in [-0.2, 0) is 16.0 Å². The van der Waals surface area contributed by atoms with Crippen molar-refractivity contribution in [2.45, 2.75) is 25.9 Å². The molecule has 1 aliphatic rings. The summed E-state index contributed by atoms with van der Waals surface area (Å²) in [6, 6.07) is 4.06. The highest BCUT2D eigenvalue weighted by Crippen LogP contribution is 2.36. The Balaban J connectivity index is 1.73. The molecule has 4 rings (SSSR count). The maximum atomic E-state index is 11.4. The van der Waals surface area contributed by atoms with Crippen LogP contribution in [-0.4, -0.2) is 32.6 Å². The quantitative estimate of drug-likeness (QED) is 0.762. The molecule has 1 fully saturated rings. The molecule has 4 heterocycles. The van der Waals surface area contributed by atoms with E-state index in [0.29, 0.717) is 13.0 Å². The Morgan fingerprint density at radius 2 is 2.16 bits per heavy atom. The van der Waals surface area contributed by atoms with Crippen LogP contribution in [0.25, 0.3) is 22.2 Å². The lowest BCUT2D eigenvalue weighted by Gasteiger charge is -2.15. The van der Waals surface area contributed by atoms with E-state index in [2.05, 4.69) is 27.9 Å². The zero-order valence-corrected chi connectivity index (χ0v) is 13.9. The monoisotopic (exact) mass is 337 g/mol. The molecule has 0 aliphatic carbocycles. The summed E-state index contributed by atoms with van der Waals surface area (Å²) in [7, 11) is 0. The number of nitrogens with one attached hydrogen (secondary N) is 1. The number of carbonyl (C=O) groups is 1. The Morgan fingerprint density at radius 3 is 2.96 bits per heavy atom. The minimum absolute atomic E-state index is 0.444. The maximum Gasteiger partial charge on any atom is 0.309 e. The van der Waals surface area contributed by atoms with E-state index >= 15 is 0 Å². The molecule has 0 amide bonds. The second-order valence-corrected chi connectivity index (χ2v) is 6.32. The van der Waals surface area contributed by atoms with Crippen LogP contribution in [0.2, 0.25) is 0 Å². The second-order valence-electron chi connectivity index (χ2n) is 6.32. The number of aryl methyl sites for hydroxylation is 1. The zero-order chi connectivity index (χ0) is 17.4. The van der Waals surface area contributed by atoms with Crippen molar-refractivity contribution in [3.63, 3.8) is 0 Å². The first kappa shape index (κ1) is 15.8. The predicted octanol–water partition coefficient (Wildman–Crippen LogP) is 3.35. The lowest BCUT2D eigenvalue weighted by Crippen LogP contribution is -2.17. The molecule has 3 aromatic rings. The molecule has 0 radical (unpaired) electrons. The van der Waals surface area contributed by atoms with Gasteiger partial charge < -0.3 is 14.8 Å². The van der Waals surface area contributed by atoms with Gasteiger partial charge in [-0.2, -0.15) is 0 Å². The number of hydrogen-bond acceptors (Lipinski definition) is 4. The number of carboxylic acid groups (broad SMARTS) is 1. The van der Waals surface area contributed by atoms with E-state index in [1.807, 2.05) is 18.5 Å². The summed E-state index contributed by atoms with van der Waals surface area (Å²) in [6.45, 7) is 2.57. The number of aromatic nitrogens is 3. The number of carboxylic acids is 1. The highest BCUT2D eigenvalue weighted by atomic mass is 16.5. The van der Waals surface area contributed by atoms with E-state index in [1.165, 1.54) is 5.56 Å². The van der Waals surface area contributed by atoms with Crippen molar-refractivity contribution in [2.75, 3.05) is 6.61 Å². The van der Waals surface area contributed by atoms with Crippen LogP contribution in [0.1, 0.15) is 30.6 Å². The minimum Gasteiger partial charge on any atom is -0.481 e. The first-order valence-electron chi connectivity index (χ1n) is 8.43. The molecule has 0 aromatic carbocycles. The standard InChI is InChI=1S/C19H19N3O3/c1-2-11-9-21-18-16(11)6-13(10-22-18)12-5-14(8-20-7-12)17-15(19(23)24)3-4-25-17/h5-10,15,17H,2-4H2,1H3,(H,21,22)(H,23,24)/t15-,17+/m1/s1. The highest BCUT2D eigenvalue weighted by molar-refractivity contribution is 5.84. The molecule has 0 spiro atoms. The highest BCUT2D eigenvalue weighted by Gasteiger charge is 2.35. The van der Waals surface area contributed by atoms with Gasteiger partial charge in [0.1, 0.15) is 5.65 Å². The summed E-state index contributed by atoms with van der Waals surface area (Å²) in [4.78, 5) is 23.4. The van der Waals surface area contributed by atoms with Crippen molar-refractivity contribution in [1.82, 2.24) is 15.0 Å². The first-order valence-corrected chi connectivity index (χ1v) is 8.43. The fourth-order valence-electron chi connectivity index (χ4n) is 3.45. The maximum absolute atomic E-state index is 11.4. The number of rotatable bonds is 4. The summed E-state index contributed by atoms with van der Waals surface area (Å²) >= 11 is 0. The number of fused-ring (bicyclic) bond motifs is 1. The molecule has 3 aromatic heterocycles. The van der Waals surface area contributed by atoms with Crippen LogP contribution in [0.4, 0.5) is 0 Å². The molecular formula is C19H19N3O3. The minimum atomic E-state index is -0.823. The Bertz CT molecular complexity index is 935. The average molecular weight is 337 g/mol. The average Bonchev–Trinajstić information content (AvgIpc) is 3.28. The zero-order valence-electron chi connectivity index (χ0n) is 13.9. The summed E-state index contributed by atoms with van der Waals surface area (Å²) in [6.07, 6.45) is 8.27. The van der Waals surface area contributed by atoms with E-state index in [-0.39, 0.29) is 0 Å². The number of ether oxygens (including phenoxy) is 1. The molecule has 0 unspecified atom stereocenters. The van der Waals surface area contributed by atoms with Crippen LogP contribution in [0.3, 0.4) is 0 Å². The van der Waals surface area contributed by atoms with E-state index in [0.717, 1.165) is 34.1 Å². The molecule has 0 saturated carbocycles. The Hall–Kier alpha value is -2.73. The van der Waals surface area contributed by atoms with Crippen LogP contribution >= 0.6 is 0 Å². The van der Waals surface area contributed by atoms with Crippen molar-refractivity contribution in [3.8, 4) is 11.1 Å². The van der Waals surface area contributed by atoms with Gasteiger partial charge in [0, 0.05) is 53.5 Å². The summed E-state index contributed by atoms with van der Waals surface area (Å²) in [5.41, 5.74) is 4.76. The van der Waals surface area contributed by atoms with E-state index in [9.17, 15) is 9.90 Å². The summed E-state index contributed by atoms with van der Waals surface area (Å²) < 4.78 is 5.66. The van der Waals surface area contributed by atoms with Gasteiger partial charge in [-0.3, -0.25) is 9.78 Å². The van der Waals surface area contributed by atoms with Gasteiger partial charge in [-0.1, -0.05) is 6.92 Å². The topological polar surface area (TPSA) is 88.1 Å². The van der Waals surface area contributed by atoms with Crippen molar-refractivity contribution in [2.24, 2.45) is 5.92 Å². The van der Waals surface area contributed by atoms with E-state index < -0.39 is 18.0 Å². The number of aromatic amines is 1. The van der Waals surface area contributed by atoms with Gasteiger partial charge >= 0.3 is 5.97 Å². The molecule has 2 atom stereocenters. The van der Waals surface area contributed by atoms with Crippen molar-refractivity contribution >= 4 is 17.0 Å². The van der Waals surface area contributed by atoms with Crippen LogP contribution in [0, 0.1) is 5.92 Å². The number of H-pyrrole nitrogens is 1. The molecule has 2 N–H and O–H groups in total. The van der Waals surface area contributed by atoms with Gasteiger partial charge in [0.2, 0.25) is 0 Å². The lowest BCUT2D eigenvalue weighted by molar-refractivity contribution is -0.143. The van der Waals surface area contributed by atoms with Crippen molar-refractivity contribution in [1.29, 1.82) is 0 Å². The van der Waals surface area contributed by atoms with Crippen LogP contribution < -0.4 is 0 Å². The third kappa shape index (κ3) is 2.78. The number of nitrogens with zero attached hydrogens (tertiary/aromatic N) is 2. The molecule has 25 heavy (non-hydrogen) atoms. The predicted molar refractivity (Wildman–Crippen MR) is 93.1 cm³/mol. The van der Waals surface area contributed by atoms with Gasteiger partial charge in [-0.05, 0) is 30.5 Å². The van der Waals surface area contributed by atoms with Gasteiger partial charge in [0.25, 0.3) is 0 Å². The summed E-state index contributed by atoms with van der Waals surface area (Å²) in [5.74, 6) is -1.34. The molecule has 128 valence electrons. The van der Waals surface area contributed by atoms with E-state index in [1.54, 1.807) is 12.4 Å². The van der Waals surface area contributed by atoms with Crippen molar-refractivity contribution in [3.05, 3.63) is 48.0 Å². The van der Waals surface area contributed by atoms with Crippen LogP contribution in [0.15, 0.2) is 36.9 Å². The Kier molecular flexibility index (Phi) is 3.97. The largest absolute Gasteiger partial charge is 0.481 e. The smallest absolute Gasteiger partial charge is 0.309 e. The number of aliphatic carboxylic acids is 1. The first-order chi connectivity index (χ1) is 12.2. The fourth-order valence-corrected chi connectivity index (χ4v) is 3.45. The third-order valence-corrected chi connectivity index (χ3v) is 4.83. The number of pyridine rings is 2. The fraction of sp³-hybridized carbons (Fsp3) is 0.316. The SMILES string of the molecule is CCc1c[nH]c2ncc(-c3cncc([C@@H]4OCC[C@H]4C(=O)O)c3)cc12. The van der Waals surface area contributed by atoms with Crippen molar-refractivity contribution < 1.29 is 14.6 Å². The number of hydrogen-bond donors (Lipinski definition) is 2. The molecule has 6 heteroatoms. The molecule has 1 aliphatic heterocycles. The van der Waals surface area contributed by atoms with Gasteiger partial charge in [0.05, 0.1) is 12.0 Å². The van der Waals surface area contributed by atoms with E-state index in [4.69, 9.17) is 4.74 Å². The van der Waals surface area contributed by atoms with Gasteiger partial charge in [-0.15, -0.1) is 0 Å². The van der Waals surface area contributed by atoms with Gasteiger partial charge in [0.15, 0.2) is 0 Å². The van der Waals surface area contributed by atoms with Crippen LogP contribution in [0.5, 0.6) is 0 Å². The summed E-state index contributed by atoms with van der Waals surface area (Å²) in [5, 5.41) is 10.5. The Labute approximate surface area is 144 Å².